The van der Waals surface area contributed by atoms with E-state index in [1.54, 1.807) is 36.4 Å². The molecular weight excluding hydrogens is 564 g/mol. The summed E-state index contributed by atoms with van der Waals surface area (Å²) in [6.07, 6.45) is 11.8. The van der Waals surface area contributed by atoms with Crippen LogP contribution in [0, 0.1) is 32.1 Å². The van der Waals surface area contributed by atoms with Crippen LogP contribution in [0.15, 0.2) is 109 Å². The number of hydrogen-bond acceptors (Lipinski definition) is 6. The van der Waals surface area contributed by atoms with E-state index in [1.165, 1.54) is 22.3 Å². The molecule has 2 heterocycles. The zero-order valence-corrected chi connectivity index (χ0v) is 24.5. The van der Waals surface area contributed by atoms with Gasteiger partial charge >= 0.3 is 0 Å². The van der Waals surface area contributed by atoms with Crippen molar-refractivity contribution < 1.29 is 9.85 Å². The van der Waals surface area contributed by atoms with Crippen molar-refractivity contribution in [2.45, 2.75) is 43.2 Å². The maximum absolute atomic E-state index is 11.4. The van der Waals surface area contributed by atoms with Crippen molar-refractivity contribution in [2.24, 2.45) is 11.8 Å². The molecule has 2 aliphatic heterocycles. The molecule has 4 aromatic rings. The molecule has 0 unspecified atom stereocenters. The quantitative estimate of drug-likeness (QED) is 0.131. The molecule has 2 aliphatic carbocycles. The van der Waals surface area contributed by atoms with Crippen molar-refractivity contribution in [1.29, 1.82) is 0 Å². The van der Waals surface area contributed by atoms with E-state index in [0.717, 1.165) is 41.8 Å². The Bertz CT molecular complexity index is 1780. The number of nitro benzene ring substituents is 2. The molecule has 6 atom stereocenters. The fraction of sp³-hybridized carbons (Fsp3) is 0.243. The monoisotopic (exact) mass is 596 g/mol. The number of rotatable bonds is 6. The summed E-state index contributed by atoms with van der Waals surface area (Å²) in [7, 11) is 0. The van der Waals surface area contributed by atoms with Crippen LogP contribution in [0.1, 0.15) is 70.1 Å². The highest BCUT2D eigenvalue weighted by molar-refractivity contribution is 5.63. The summed E-state index contributed by atoms with van der Waals surface area (Å²) >= 11 is 0. The zero-order chi connectivity index (χ0) is 30.7. The van der Waals surface area contributed by atoms with Gasteiger partial charge in [-0.2, -0.15) is 0 Å². The maximum atomic E-state index is 11.4. The molecule has 0 saturated heterocycles. The van der Waals surface area contributed by atoms with Crippen LogP contribution in [0.4, 0.5) is 22.7 Å². The average molecular weight is 597 g/mol. The second-order valence-electron chi connectivity index (χ2n) is 12.7. The minimum absolute atomic E-state index is 0.00894. The van der Waals surface area contributed by atoms with Crippen LogP contribution >= 0.6 is 0 Å². The largest absolute Gasteiger partial charge is 0.378 e. The molecule has 4 aliphatic rings. The van der Waals surface area contributed by atoms with Crippen LogP contribution < -0.4 is 10.6 Å². The zero-order valence-electron chi connectivity index (χ0n) is 24.5. The number of nitrogens with zero attached hydrogens (tertiary/aromatic N) is 2. The standard InChI is InChI=1S/C37H32N4O4/c42-40(43)26-7-1-5-24(20-26)36-30-11-3-9-28(30)32-18-22(13-15-34(32)38-36)17-23-14-16-35-33(19-23)29-10-4-12-31(29)37(39-35)25-6-2-8-27(21-25)41(44)45/h1-10,13-16,18-21,28-31,36-39H,11-12,17H2/t28-,29-,30+,31+,36+,37+/m0/s1. The van der Waals surface area contributed by atoms with E-state index in [1.807, 2.05) is 12.1 Å². The van der Waals surface area contributed by atoms with Crippen LogP contribution in [0.5, 0.6) is 0 Å². The maximum Gasteiger partial charge on any atom is 0.269 e. The van der Waals surface area contributed by atoms with E-state index < -0.39 is 0 Å². The molecule has 0 aromatic heterocycles. The summed E-state index contributed by atoms with van der Waals surface area (Å²) in [6, 6.07) is 27.4. The highest BCUT2D eigenvalue weighted by Gasteiger charge is 2.40. The first-order valence-electron chi connectivity index (χ1n) is 15.5. The Morgan fingerprint density at radius 2 is 1.09 bits per heavy atom. The van der Waals surface area contributed by atoms with Gasteiger partial charge in [0, 0.05) is 47.5 Å². The Balaban J connectivity index is 1.06. The minimum atomic E-state index is -0.327. The van der Waals surface area contributed by atoms with E-state index in [-0.39, 0.29) is 45.1 Å². The third-order valence-corrected chi connectivity index (χ3v) is 10.1. The lowest BCUT2D eigenvalue weighted by atomic mass is 9.76. The number of nitro groups is 2. The molecule has 8 nitrogen and oxygen atoms in total. The highest BCUT2D eigenvalue weighted by atomic mass is 16.6. The Morgan fingerprint density at radius 1 is 0.622 bits per heavy atom. The third kappa shape index (κ3) is 4.77. The van der Waals surface area contributed by atoms with Gasteiger partial charge in [0.2, 0.25) is 0 Å². The van der Waals surface area contributed by atoms with E-state index in [0.29, 0.717) is 11.8 Å². The molecule has 2 N–H and O–H groups in total. The lowest BCUT2D eigenvalue weighted by Gasteiger charge is -2.38. The molecule has 45 heavy (non-hydrogen) atoms. The van der Waals surface area contributed by atoms with Crippen LogP contribution in [0.2, 0.25) is 0 Å². The Kier molecular flexibility index (Phi) is 6.52. The first-order valence-corrected chi connectivity index (χ1v) is 15.5. The van der Waals surface area contributed by atoms with Crippen molar-refractivity contribution in [3.8, 4) is 0 Å². The Labute approximate surface area is 260 Å². The number of nitrogens with one attached hydrogen (secondary N) is 2. The highest BCUT2D eigenvalue weighted by Crippen LogP contribution is 2.52. The lowest BCUT2D eigenvalue weighted by molar-refractivity contribution is -0.385. The summed E-state index contributed by atoms with van der Waals surface area (Å²) in [5.74, 6) is 1.12. The van der Waals surface area contributed by atoms with Crippen LogP contribution in [-0.4, -0.2) is 9.85 Å². The molecule has 0 saturated carbocycles. The van der Waals surface area contributed by atoms with Gasteiger partial charge in [0.25, 0.3) is 11.4 Å². The van der Waals surface area contributed by atoms with Crippen molar-refractivity contribution in [1.82, 2.24) is 0 Å². The topological polar surface area (TPSA) is 110 Å². The number of benzene rings is 4. The fourth-order valence-electron chi connectivity index (χ4n) is 8.07. The molecule has 4 aromatic carbocycles. The first kappa shape index (κ1) is 27.3. The summed E-state index contributed by atoms with van der Waals surface area (Å²) in [6.45, 7) is 0. The first-order chi connectivity index (χ1) is 21.9. The summed E-state index contributed by atoms with van der Waals surface area (Å²) in [5, 5.41) is 30.3. The second kappa shape index (κ2) is 10.7. The van der Waals surface area contributed by atoms with E-state index in [2.05, 4.69) is 71.3 Å². The third-order valence-electron chi connectivity index (χ3n) is 10.1. The van der Waals surface area contributed by atoms with Gasteiger partial charge in [-0.25, -0.2) is 0 Å². The van der Waals surface area contributed by atoms with Crippen LogP contribution in [-0.2, 0) is 6.42 Å². The number of fused-ring (bicyclic) bond motifs is 6. The number of allylic oxidation sites excluding steroid dienone is 4. The number of non-ortho nitro benzene ring substituents is 2. The molecular formula is C37H32N4O4. The van der Waals surface area contributed by atoms with E-state index >= 15 is 0 Å². The summed E-state index contributed by atoms with van der Waals surface area (Å²) in [4.78, 5) is 22.2. The second-order valence-corrected chi connectivity index (χ2v) is 12.7. The SMILES string of the molecule is O=[N+]([O-])c1cccc([C@H]2Nc3ccc(Cc4ccc5c(c4)[C@H]4C=CC[C@H]4[C@@H](c4cccc([N+](=O)[O-])c4)N5)cc3[C@H]3C=CC[C@H]32)c1. The van der Waals surface area contributed by atoms with Gasteiger partial charge in [0.15, 0.2) is 0 Å². The van der Waals surface area contributed by atoms with Gasteiger partial charge < -0.3 is 10.6 Å². The lowest BCUT2D eigenvalue weighted by Crippen LogP contribution is -2.29. The molecule has 8 rings (SSSR count). The van der Waals surface area contributed by atoms with Crippen molar-refractivity contribution in [3.63, 3.8) is 0 Å². The number of hydrogen-bond donors (Lipinski definition) is 2. The van der Waals surface area contributed by atoms with Gasteiger partial charge in [-0.15, -0.1) is 0 Å². The predicted molar refractivity (Wildman–Crippen MR) is 175 cm³/mol. The average Bonchev–Trinajstić information content (AvgIpc) is 3.76. The van der Waals surface area contributed by atoms with E-state index in [4.69, 9.17) is 0 Å². The van der Waals surface area contributed by atoms with Crippen molar-refractivity contribution >= 4 is 22.7 Å². The predicted octanol–water partition coefficient (Wildman–Crippen LogP) is 8.75. The van der Waals surface area contributed by atoms with Gasteiger partial charge in [-0.1, -0.05) is 72.8 Å². The van der Waals surface area contributed by atoms with Crippen LogP contribution in [0.25, 0.3) is 0 Å². The van der Waals surface area contributed by atoms with E-state index in [9.17, 15) is 20.2 Å². The Morgan fingerprint density at radius 3 is 1.53 bits per heavy atom. The van der Waals surface area contributed by atoms with Gasteiger partial charge in [-0.3, -0.25) is 20.2 Å². The molecule has 0 fully saturated rings. The van der Waals surface area contributed by atoms with Gasteiger partial charge in [-0.05, 0) is 76.6 Å². The Hall–Kier alpha value is -5.24. The van der Waals surface area contributed by atoms with Gasteiger partial charge in [0.05, 0.1) is 21.9 Å². The molecule has 0 amide bonds. The molecule has 0 spiro atoms. The normalized spacial score (nSPS) is 25.3. The molecule has 224 valence electrons. The summed E-state index contributed by atoms with van der Waals surface area (Å²) < 4.78 is 0. The fourth-order valence-corrected chi connectivity index (χ4v) is 8.07. The smallest absolute Gasteiger partial charge is 0.269 e. The molecule has 8 heteroatoms. The molecule has 0 radical (unpaired) electrons. The van der Waals surface area contributed by atoms with Crippen molar-refractivity contribution in [3.05, 3.63) is 163 Å². The van der Waals surface area contributed by atoms with Crippen molar-refractivity contribution in [2.75, 3.05) is 10.6 Å². The number of anilines is 2. The minimum Gasteiger partial charge on any atom is -0.378 e. The van der Waals surface area contributed by atoms with Crippen LogP contribution in [0.3, 0.4) is 0 Å². The molecule has 0 bridgehead atoms. The summed E-state index contributed by atoms with van der Waals surface area (Å²) in [5.41, 5.74) is 9.39. The van der Waals surface area contributed by atoms with Gasteiger partial charge in [0.1, 0.15) is 0 Å².